The highest BCUT2D eigenvalue weighted by Crippen LogP contribution is 2.36. The maximum Gasteiger partial charge on any atom is 0.433 e. The van der Waals surface area contributed by atoms with Crippen LogP contribution in [0.3, 0.4) is 0 Å². The van der Waals surface area contributed by atoms with E-state index in [9.17, 15) is 13.2 Å². The van der Waals surface area contributed by atoms with Gasteiger partial charge >= 0.3 is 6.18 Å². The van der Waals surface area contributed by atoms with Crippen LogP contribution in [0, 0.1) is 6.92 Å². The second-order valence-electron chi connectivity index (χ2n) is 5.32. The van der Waals surface area contributed by atoms with Gasteiger partial charge in [0.05, 0.1) is 12.1 Å². The van der Waals surface area contributed by atoms with Gasteiger partial charge in [-0.1, -0.05) is 0 Å². The molecular weight excluding hydrogens is 313 g/mol. The third-order valence-corrected chi connectivity index (χ3v) is 3.74. The van der Waals surface area contributed by atoms with Crippen molar-refractivity contribution in [2.24, 2.45) is 0 Å². The van der Waals surface area contributed by atoms with Crippen molar-refractivity contribution in [2.45, 2.75) is 31.7 Å². The quantitative estimate of drug-likeness (QED) is 0.927. The lowest BCUT2D eigenvalue weighted by Crippen LogP contribution is -2.28. The summed E-state index contributed by atoms with van der Waals surface area (Å²) in [7, 11) is 1.56. The number of aryl methyl sites for hydroxylation is 1. The summed E-state index contributed by atoms with van der Waals surface area (Å²) in [5, 5.41) is 6.54. The number of halogens is 3. The highest BCUT2D eigenvalue weighted by atomic mass is 19.4. The van der Waals surface area contributed by atoms with Crippen LogP contribution in [0.1, 0.15) is 29.7 Å². The van der Waals surface area contributed by atoms with Gasteiger partial charge in [0.15, 0.2) is 0 Å². The largest absolute Gasteiger partial charge is 0.433 e. The molecule has 2 aromatic rings. The first-order valence-corrected chi connectivity index (χ1v) is 6.96. The number of hydrogen-bond donors (Lipinski definition) is 1. The number of rotatable bonds is 3. The van der Waals surface area contributed by atoms with Crippen molar-refractivity contribution in [3.63, 3.8) is 0 Å². The van der Waals surface area contributed by atoms with Gasteiger partial charge in [-0.15, -0.1) is 0 Å². The lowest BCUT2D eigenvalue weighted by Gasteiger charge is -2.23. The number of methoxy groups -OCH3 is 1. The van der Waals surface area contributed by atoms with E-state index < -0.39 is 11.9 Å². The molecule has 0 bridgehead atoms. The van der Waals surface area contributed by atoms with Gasteiger partial charge in [0, 0.05) is 25.8 Å². The Labute approximate surface area is 129 Å². The van der Waals surface area contributed by atoms with Crippen molar-refractivity contribution in [3.8, 4) is 0 Å². The molecule has 1 aliphatic heterocycles. The summed E-state index contributed by atoms with van der Waals surface area (Å²) in [5.74, 6) is 0.557. The van der Waals surface area contributed by atoms with E-state index in [4.69, 9.17) is 4.74 Å². The summed E-state index contributed by atoms with van der Waals surface area (Å²) in [6.45, 7) is 1.89. The molecule has 0 saturated carbocycles. The van der Waals surface area contributed by atoms with Crippen molar-refractivity contribution in [1.29, 1.82) is 0 Å². The molecule has 0 spiro atoms. The Balaban J connectivity index is 2.00. The van der Waals surface area contributed by atoms with Gasteiger partial charge in [-0.2, -0.15) is 18.3 Å². The van der Waals surface area contributed by atoms with Crippen LogP contribution in [-0.4, -0.2) is 44.9 Å². The fourth-order valence-electron chi connectivity index (χ4n) is 2.65. The molecule has 0 aromatic carbocycles. The maximum atomic E-state index is 13.0. The number of nitrogens with one attached hydrogen (secondary N) is 1. The van der Waals surface area contributed by atoms with E-state index in [1.54, 1.807) is 12.0 Å². The van der Waals surface area contributed by atoms with Crippen LogP contribution in [0.5, 0.6) is 0 Å². The molecule has 0 aliphatic carbocycles. The Kier molecular flexibility index (Phi) is 3.92. The Morgan fingerprint density at radius 3 is 2.74 bits per heavy atom. The van der Waals surface area contributed by atoms with Crippen molar-refractivity contribution in [3.05, 3.63) is 29.6 Å². The van der Waals surface area contributed by atoms with E-state index in [1.807, 2.05) is 0 Å². The van der Waals surface area contributed by atoms with Gasteiger partial charge in [0.1, 0.15) is 17.8 Å². The molecule has 1 aliphatic rings. The fourth-order valence-corrected chi connectivity index (χ4v) is 2.65. The number of alkyl halides is 3. The predicted molar refractivity (Wildman–Crippen MR) is 73.7 cm³/mol. The highest BCUT2D eigenvalue weighted by molar-refractivity contribution is 5.38. The number of nitrogens with zero attached hydrogens (tertiary/aromatic N) is 5. The lowest BCUT2D eigenvalue weighted by atomic mass is 10.2. The smallest absolute Gasteiger partial charge is 0.380 e. The standard InChI is InChI=1S/C13H15F3N6O/c1-7-3-10(13(14,15)16)20-12(19-7)22-5-8(23-2)4-9(22)11-17-6-18-21-11/h3,6,8-9H,4-5H2,1-2H3,(H,17,18,21)/t8-,9+/m1/s1. The molecule has 23 heavy (non-hydrogen) atoms. The van der Waals surface area contributed by atoms with Crippen LogP contribution in [0.15, 0.2) is 12.4 Å². The molecule has 10 heteroatoms. The number of aromatic nitrogens is 5. The van der Waals surface area contributed by atoms with Crippen molar-refractivity contribution in [1.82, 2.24) is 25.1 Å². The van der Waals surface area contributed by atoms with E-state index in [0.717, 1.165) is 6.07 Å². The van der Waals surface area contributed by atoms with Crippen LogP contribution in [0.4, 0.5) is 19.1 Å². The van der Waals surface area contributed by atoms with Crippen LogP contribution in [0.2, 0.25) is 0 Å². The first kappa shape index (κ1) is 15.7. The topological polar surface area (TPSA) is 79.8 Å². The molecule has 1 fully saturated rings. The van der Waals surface area contributed by atoms with Gasteiger partial charge in [-0.25, -0.2) is 15.0 Å². The molecule has 2 aromatic heterocycles. The van der Waals surface area contributed by atoms with Crippen molar-refractivity contribution >= 4 is 5.95 Å². The minimum absolute atomic E-state index is 0.0123. The summed E-state index contributed by atoms with van der Waals surface area (Å²) in [5.41, 5.74) is -0.711. The first-order chi connectivity index (χ1) is 10.9. The molecule has 1 N–H and O–H groups in total. The Morgan fingerprint density at radius 1 is 1.35 bits per heavy atom. The molecule has 3 rings (SSSR count). The SMILES string of the molecule is CO[C@@H]1C[C@@H](c2ncn[nH]2)N(c2nc(C)cc(C(F)(F)F)n2)C1. The monoisotopic (exact) mass is 328 g/mol. The number of H-pyrrole nitrogens is 1. The Morgan fingerprint density at radius 2 is 2.13 bits per heavy atom. The fraction of sp³-hybridized carbons (Fsp3) is 0.538. The van der Waals surface area contributed by atoms with Crippen LogP contribution >= 0.6 is 0 Å². The maximum absolute atomic E-state index is 13.0. The number of hydrogen-bond acceptors (Lipinski definition) is 6. The normalized spacial score (nSPS) is 21.9. The number of anilines is 1. The van der Waals surface area contributed by atoms with Gasteiger partial charge in [0.25, 0.3) is 0 Å². The van der Waals surface area contributed by atoms with Gasteiger partial charge in [-0.3, -0.25) is 5.10 Å². The molecule has 3 heterocycles. The molecule has 0 amide bonds. The number of ether oxygens (including phenoxy) is 1. The molecule has 1 saturated heterocycles. The van der Waals surface area contributed by atoms with E-state index in [1.165, 1.54) is 13.3 Å². The molecule has 0 radical (unpaired) electrons. The average molecular weight is 328 g/mol. The zero-order valence-electron chi connectivity index (χ0n) is 12.5. The minimum atomic E-state index is -4.52. The number of aromatic amines is 1. The third kappa shape index (κ3) is 3.11. The average Bonchev–Trinajstić information content (AvgIpc) is 3.14. The molecular formula is C13H15F3N6O. The molecule has 0 unspecified atom stereocenters. The van der Waals surface area contributed by atoms with Crippen LogP contribution < -0.4 is 4.90 Å². The minimum Gasteiger partial charge on any atom is -0.380 e. The summed E-state index contributed by atoms with van der Waals surface area (Å²) >= 11 is 0. The summed E-state index contributed by atoms with van der Waals surface area (Å²) in [6.07, 6.45) is -2.76. The van der Waals surface area contributed by atoms with Crippen molar-refractivity contribution < 1.29 is 17.9 Å². The summed E-state index contributed by atoms with van der Waals surface area (Å²) < 4.78 is 44.3. The van der Waals surface area contributed by atoms with Crippen LogP contribution in [-0.2, 0) is 10.9 Å². The van der Waals surface area contributed by atoms with Gasteiger partial charge in [-0.05, 0) is 13.0 Å². The third-order valence-electron chi connectivity index (χ3n) is 3.74. The lowest BCUT2D eigenvalue weighted by molar-refractivity contribution is -0.141. The van der Waals surface area contributed by atoms with E-state index in [2.05, 4.69) is 25.1 Å². The van der Waals surface area contributed by atoms with Crippen molar-refractivity contribution in [2.75, 3.05) is 18.6 Å². The molecule has 2 atom stereocenters. The van der Waals surface area contributed by atoms with E-state index in [-0.39, 0.29) is 23.8 Å². The molecule has 7 nitrogen and oxygen atoms in total. The van der Waals surface area contributed by atoms with Gasteiger partial charge in [0.2, 0.25) is 5.95 Å². The van der Waals surface area contributed by atoms with Gasteiger partial charge < -0.3 is 9.64 Å². The zero-order chi connectivity index (χ0) is 16.6. The Hall–Kier alpha value is -2.23. The summed E-state index contributed by atoms with van der Waals surface area (Å²) in [6, 6.07) is 0.613. The Bertz CT molecular complexity index is 675. The highest BCUT2D eigenvalue weighted by Gasteiger charge is 2.39. The second-order valence-corrected chi connectivity index (χ2v) is 5.32. The van der Waals surface area contributed by atoms with Crippen LogP contribution in [0.25, 0.3) is 0 Å². The molecule has 124 valence electrons. The predicted octanol–water partition coefficient (Wildman–Crippen LogP) is 1.89. The summed E-state index contributed by atoms with van der Waals surface area (Å²) in [4.78, 5) is 13.6. The first-order valence-electron chi connectivity index (χ1n) is 6.96. The zero-order valence-corrected chi connectivity index (χ0v) is 12.5. The van der Waals surface area contributed by atoms with E-state index >= 15 is 0 Å². The van der Waals surface area contributed by atoms with E-state index in [0.29, 0.717) is 18.8 Å². The second kappa shape index (κ2) is 5.76.